The minimum absolute atomic E-state index is 0.0896. The number of rotatable bonds is 7. The maximum absolute atomic E-state index is 11.9. The molecule has 0 aliphatic heterocycles. The molecule has 0 aliphatic rings. The lowest BCUT2D eigenvalue weighted by Crippen LogP contribution is -2.30. The Morgan fingerprint density at radius 1 is 1.17 bits per heavy atom. The van der Waals surface area contributed by atoms with Crippen LogP contribution in [0.15, 0.2) is 54.6 Å². The van der Waals surface area contributed by atoms with E-state index in [2.05, 4.69) is 4.74 Å². The van der Waals surface area contributed by atoms with Crippen LogP contribution in [0.1, 0.15) is 17.4 Å². The zero-order chi connectivity index (χ0) is 17.5. The third kappa shape index (κ3) is 4.37. The summed E-state index contributed by atoms with van der Waals surface area (Å²) >= 11 is 0. The van der Waals surface area contributed by atoms with Crippen LogP contribution in [-0.4, -0.2) is 29.2 Å². The molecule has 2 atom stereocenters. The van der Waals surface area contributed by atoms with Gasteiger partial charge in [-0.2, -0.15) is 0 Å². The molecule has 2 rings (SSSR count). The molecular weight excluding hydrogens is 314 g/mol. The third-order valence-corrected chi connectivity index (χ3v) is 3.44. The molecule has 0 radical (unpaired) electrons. The monoisotopic (exact) mass is 331 g/mol. The molecule has 0 aromatic heterocycles. The predicted octanol–water partition coefficient (Wildman–Crippen LogP) is 2.39. The maximum Gasteiger partial charge on any atom is 0.335 e. The number of esters is 1. The summed E-state index contributed by atoms with van der Waals surface area (Å²) in [6, 6.07) is 14.5. The number of aliphatic hydroxyl groups excluding tert-OH is 1. The molecule has 2 aromatic rings. The van der Waals surface area contributed by atoms with E-state index < -0.39 is 23.3 Å². The van der Waals surface area contributed by atoms with Crippen molar-refractivity contribution in [3.63, 3.8) is 0 Å². The van der Waals surface area contributed by atoms with Crippen LogP contribution in [0.5, 0.6) is 0 Å². The van der Waals surface area contributed by atoms with Gasteiger partial charge in [0.05, 0.1) is 12.0 Å². The average molecular weight is 331 g/mol. The van der Waals surface area contributed by atoms with Gasteiger partial charge in [0.25, 0.3) is 5.69 Å². The van der Waals surface area contributed by atoms with Crippen LogP contribution in [0, 0.1) is 10.1 Å². The summed E-state index contributed by atoms with van der Waals surface area (Å²) in [6.45, 7) is 0. The van der Waals surface area contributed by atoms with Gasteiger partial charge in [0, 0.05) is 23.6 Å². The lowest BCUT2D eigenvalue weighted by molar-refractivity contribution is -0.385. The van der Waals surface area contributed by atoms with Crippen molar-refractivity contribution in [1.29, 1.82) is 0 Å². The van der Waals surface area contributed by atoms with Crippen LogP contribution in [0.4, 0.5) is 5.69 Å². The number of hydrogen-bond acceptors (Lipinski definition) is 6. The highest BCUT2D eigenvalue weighted by Gasteiger charge is 2.27. The normalized spacial score (nSPS) is 13.1. The number of benzene rings is 2. The summed E-state index contributed by atoms with van der Waals surface area (Å²) in [4.78, 5) is 22.5. The summed E-state index contributed by atoms with van der Waals surface area (Å²) in [5, 5.41) is 21.2. The van der Waals surface area contributed by atoms with E-state index in [1.54, 1.807) is 36.4 Å². The van der Waals surface area contributed by atoms with Crippen molar-refractivity contribution in [3.05, 3.63) is 75.8 Å². The molecule has 0 saturated heterocycles. The number of nitro benzene ring substituents is 1. The Balaban J connectivity index is 2.21. The molecule has 1 unspecified atom stereocenters. The summed E-state index contributed by atoms with van der Waals surface area (Å²) in [5.41, 5.74) is 0.663. The van der Waals surface area contributed by atoms with Crippen LogP contribution in [0.25, 0.3) is 0 Å². The fourth-order valence-corrected chi connectivity index (χ4v) is 2.23. The topological polar surface area (TPSA) is 98.9 Å². The van der Waals surface area contributed by atoms with E-state index in [4.69, 9.17) is 4.74 Å². The number of nitro groups is 1. The fraction of sp³-hybridized carbons (Fsp3) is 0.235. The Morgan fingerprint density at radius 3 is 2.42 bits per heavy atom. The standard InChI is InChI=1S/C17H17NO6/c1-23-17(20)15(24-16(19)12-7-3-2-4-8-12)11-13-9-5-6-10-14(13)18(21)22/h2-10,15-16,19H,11H2,1H3/t15-,16?/m1/s1. The number of methoxy groups -OCH3 is 1. The zero-order valence-electron chi connectivity index (χ0n) is 13.0. The Morgan fingerprint density at radius 2 is 1.79 bits per heavy atom. The van der Waals surface area contributed by atoms with Gasteiger partial charge in [-0.1, -0.05) is 48.5 Å². The molecule has 24 heavy (non-hydrogen) atoms. The van der Waals surface area contributed by atoms with E-state index >= 15 is 0 Å². The first kappa shape index (κ1) is 17.6. The number of ether oxygens (including phenoxy) is 2. The highest BCUT2D eigenvalue weighted by molar-refractivity contribution is 5.75. The minimum Gasteiger partial charge on any atom is -0.467 e. The lowest BCUT2D eigenvalue weighted by Gasteiger charge is -2.20. The Hall–Kier alpha value is -2.77. The number of para-hydroxylation sites is 1. The van der Waals surface area contributed by atoms with E-state index in [1.807, 2.05) is 0 Å². The van der Waals surface area contributed by atoms with Gasteiger partial charge in [-0.3, -0.25) is 10.1 Å². The van der Waals surface area contributed by atoms with Crippen molar-refractivity contribution in [1.82, 2.24) is 0 Å². The molecule has 0 fully saturated rings. The van der Waals surface area contributed by atoms with E-state index in [0.717, 1.165) is 0 Å². The SMILES string of the molecule is COC(=O)[C@@H](Cc1ccccc1[N+](=O)[O-])OC(O)c1ccccc1. The molecule has 0 amide bonds. The van der Waals surface area contributed by atoms with Crippen molar-refractivity contribution < 1.29 is 24.3 Å². The molecule has 0 bridgehead atoms. The highest BCUT2D eigenvalue weighted by Crippen LogP contribution is 2.23. The quantitative estimate of drug-likeness (QED) is 0.362. The Kier molecular flexibility index (Phi) is 6.00. The number of nitrogens with zero attached hydrogens (tertiary/aromatic N) is 1. The van der Waals surface area contributed by atoms with Gasteiger partial charge >= 0.3 is 5.97 Å². The van der Waals surface area contributed by atoms with Gasteiger partial charge in [-0.25, -0.2) is 4.79 Å². The van der Waals surface area contributed by atoms with Crippen molar-refractivity contribution in [2.45, 2.75) is 18.8 Å². The van der Waals surface area contributed by atoms with E-state index in [-0.39, 0.29) is 12.1 Å². The van der Waals surface area contributed by atoms with Crippen LogP contribution in [-0.2, 0) is 20.7 Å². The summed E-state index contributed by atoms with van der Waals surface area (Å²) in [7, 11) is 1.19. The Bertz CT molecular complexity index is 703. The first-order valence-corrected chi connectivity index (χ1v) is 7.21. The molecular formula is C17H17NO6. The first-order chi connectivity index (χ1) is 11.5. The average Bonchev–Trinajstić information content (AvgIpc) is 2.61. The van der Waals surface area contributed by atoms with Crippen molar-refractivity contribution >= 4 is 11.7 Å². The molecule has 7 heteroatoms. The Labute approximate surface area is 138 Å². The molecule has 2 aromatic carbocycles. The van der Waals surface area contributed by atoms with Crippen LogP contribution >= 0.6 is 0 Å². The van der Waals surface area contributed by atoms with Crippen LogP contribution < -0.4 is 0 Å². The maximum atomic E-state index is 11.9. The molecule has 0 heterocycles. The van der Waals surface area contributed by atoms with Gasteiger partial charge in [0.15, 0.2) is 12.4 Å². The molecule has 7 nitrogen and oxygen atoms in total. The summed E-state index contributed by atoms with van der Waals surface area (Å²) in [6.07, 6.45) is -2.61. The molecule has 0 saturated carbocycles. The lowest BCUT2D eigenvalue weighted by atomic mass is 10.1. The molecule has 0 aliphatic carbocycles. The largest absolute Gasteiger partial charge is 0.467 e. The van der Waals surface area contributed by atoms with E-state index in [9.17, 15) is 20.0 Å². The number of aliphatic hydroxyl groups is 1. The van der Waals surface area contributed by atoms with Gasteiger partial charge in [-0.05, 0) is 0 Å². The fourth-order valence-electron chi connectivity index (χ4n) is 2.23. The van der Waals surface area contributed by atoms with Crippen molar-refractivity contribution in [2.24, 2.45) is 0 Å². The summed E-state index contributed by atoms with van der Waals surface area (Å²) < 4.78 is 10.1. The van der Waals surface area contributed by atoms with Gasteiger partial charge in [-0.15, -0.1) is 0 Å². The molecule has 126 valence electrons. The minimum atomic E-state index is -1.35. The first-order valence-electron chi connectivity index (χ1n) is 7.21. The van der Waals surface area contributed by atoms with Gasteiger partial charge in [0.2, 0.25) is 0 Å². The van der Waals surface area contributed by atoms with Gasteiger partial charge in [0.1, 0.15) is 0 Å². The second kappa shape index (κ2) is 8.19. The predicted molar refractivity (Wildman–Crippen MR) is 85.1 cm³/mol. The van der Waals surface area contributed by atoms with Crippen molar-refractivity contribution in [2.75, 3.05) is 7.11 Å². The molecule has 1 N–H and O–H groups in total. The van der Waals surface area contributed by atoms with Gasteiger partial charge < -0.3 is 14.6 Å². The molecule has 0 spiro atoms. The van der Waals surface area contributed by atoms with Crippen LogP contribution in [0.3, 0.4) is 0 Å². The number of carbonyl (C=O) groups excluding carboxylic acids is 1. The zero-order valence-corrected chi connectivity index (χ0v) is 13.0. The second-order valence-electron chi connectivity index (χ2n) is 5.00. The van der Waals surface area contributed by atoms with E-state index in [1.165, 1.54) is 25.3 Å². The van der Waals surface area contributed by atoms with Crippen molar-refractivity contribution in [3.8, 4) is 0 Å². The third-order valence-electron chi connectivity index (χ3n) is 3.44. The van der Waals surface area contributed by atoms with Crippen LogP contribution in [0.2, 0.25) is 0 Å². The van der Waals surface area contributed by atoms with E-state index in [0.29, 0.717) is 11.1 Å². The highest BCUT2D eigenvalue weighted by atomic mass is 16.6. The number of carbonyl (C=O) groups is 1. The smallest absolute Gasteiger partial charge is 0.335 e. The summed E-state index contributed by atoms with van der Waals surface area (Å²) in [5.74, 6) is -0.719. The number of hydrogen-bond donors (Lipinski definition) is 1. The second-order valence-corrected chi connectivity index (χ2v) is 5.00.